The van der Waals surface area contributed by atoms with E-state index in [9.17, 15) is 9.59 Å². The van der Waals surface area contributed by atoms with Crippen LogP contribution >= 0.6 is 0 Å². The summed E-state index contributed by atoms with van der Waals surface area (Å²) in [6, 6.07) is 3.30. The lowest BCUT2D eigenvalue weighted by Gasteiger charge is -2.20. The van der Waals surface area contributed by atoms with Crippen LogP contribution in [-0.2, 0) is 0 Å². The second-order valence-corrected chi connectivity index (χ2v) is 2.72. The maximum atomic E-state index is 10.6. The van der Waals surface area contributed by atoms with Crippen molar-refractivity contribution in [3.8, 4) is 12.1 Å². The van der Waals surface area contributed by atoms with Gasteiger partial charge in [0, 0.05) is 13.1 Å². The molecule has 0 bridgehead atoms. The van der Waals surface area contributed by atoms with Crippen molar-refractivity contribution in [2.24, 2.45) is 0 Å². The molecule has 2 N–H and O–H groups in total. The maximum Gasteiger partial charge on any atom is 0.408 e. The van der Waals surface area contributed by atoms with Crippen LogP contribution in [0.3, 0.4) is 0 Å². The highest BCUT2D eigenvalue weighted by Gasteiger charge is 2.16. The Morgan fingerprint density at radius 2 is 1.25 bits per heavy atom. The summed E-state index contributed by atoms with van der Waals surface area (Å²) in [6.07, 6.45) is -2.60. The molecule has 0 aliphatic rings. The summed E-state index contributed by atoms with van der Waals surface area (Å²) >= 11 is 0. The Morgan fingerprint density at radius 1 is 0.938 bits per heavy atom. The SMILES string of the molecule is N#CCN(CCN(CC#N)C(=O)O)C(=O)O. The Morgan fingerprint density at radius 3 is 1.44 bits per heavy atom. The summed E-state index contributed by atoms with van der Waals surface area (Å²) in [4.78, 5) is 22.7. The van der Waals surface area contributed by atoms with Gasteiger partial charge in [-0.1, -0.05) is 0 Å². The molecule has 8 heteroatoms. The number of nitrogens with zero attached hydrogens (tertiary/aromatic N) is 4. The predicted molar refractivity (Wildman–Crippen MR) is 50.4 cm³/mol. The van der Waals surface area contributed by atoms with E-state index in [2.05, 4.69) is 0 Å². The van der Waals surface area contributed by atoms with Crippen LogP contribution in [0, 0.1) is 22.7 Å². The molecule has 0 saturated heterocycles. The monoisotopic (exact) mass is 226 g/mol. The van der Waals surface area contributed by atoms with Crippen molar-refractivity contribution >= 4 is 12.2 Å². The maximum absolute atomic E-state index is 10.6. The van der Waals surface area contributed by atoms with Crippen LogP contribution in [0.4, 0.5) is 9.59 Å². The van der Waals surface area contributed by atoms with Crippen molar-refractivity contribution in [1.82, 2.24) is 9.80 Å². The Labute approximate surface area is 91.5 Å². The zero-order valence-electron chi connectivity index (χ0n) is 8.33. The third kappa shape index (κ3) is 4.67. The fourth-order valence-electron chi connectivity index (χ4n) is 0.897. The zero-order chi connectivity index (χ0) is 12.6. The predicted octanol–water partition coefficient (Wildman–Crippen LogP) is -0.00644. The summed E-state index contributed by atoms with van der Waals surface area (Å²) in [6.45, 7) is -0.960. The van der Waals surface area contributed by atoms with E-state index < -0.39 is 12.2 Å². The van der Waals surface area contributed by atoms with Crippen LogP contribution in [0.2, 0.25) is 0 Å². The standard InChI is InChI=1S/C8H10N4O4/c9-1-3-11(7(13)14)5-6-12(4-2-10)8(15)16/h3-6H2,(H,13,14)(H,15,16). The highest BCUT2D eigenvalue weighted by Crippen LogP contribution is 1.93. The van der Waals surface area contributed by atoms with Gasteiger partial charge in [-0.05, 0) is 0 Å². The fourth-order valence-corrected chi connectivity index (χ4v) is 0.897. The number of carbonyl (C=O) groups is 2. The van der Waals surface area contributed by atoms with Crippen molar-refractivity contribution in [2.75, 3.05) is 26.2 Å². The van der Waals surface area contributed by atoms with E-state index in [4.69, 9.17) is 20.7 Å². The minimum Gasteiger partial charge on any atom is -0.465 e. The molecule has 0 aliphatic carbocycles. The molecule has 0 aliphatic heterocycles. The normalized spacial score (nSPS) is 8.62. The van der Waals surface area contributed by atoms with Crippen LogP contribution in [-0.4, -0.2) is 58.4 Å². The smallest absolute Gasteiger partial charge is 0.408 e. The van der Waals surface area contributed by atoms with E-state index in [0.717, 1.165) is 9.80 Å². The van der Waals surface area contributed by atoms with E-state index in [-0.39, 0.29) is 26.2 Å². The minimum absolute atomic E-state index is 0.142. The van der Waals surface area contributed by atoms with Crippen molar-refractivity contribution in [1.29, 1.82) is 10.5 Å². The number of nitriles is 2. The van der Waals surface area contributed by atoms with Gasteiger partial charge in [0.1, 0.15) is 13.1 Å². The Balaban J connectivity index is 4.27. The van der Waals surface area contributed by atoms with Gasteiger partial charge < -0.3 is 10.2 Å². The summed E-state index contributed by atoms with van der Waals surface area (Å²) in [5.41, 5.74) is 0. The van der Waals surface area contributed by atoms with Gasteiger partial charge in [0.05, 0.1) is 12.1 Å². The average molecular weight is 226 g/mol. The highest BCUT2D eigenvalue weighted by atomic mass is 16.4. The number of rotatable bonds is 5. The molecule has 0 fully saturated rings. The lowest BCUT2D eigenvalue weighted by molar-refractivity contribution is 0.130. The van der Waals surface area contributed by atoms with Crippen LogP contribution in [0.15, 0.2) is 0 Å². The number of hydrogen-bond acceptors (Lipinski definition) is 4. The van der Waals surface area contributed by atoms with Gasteiger partial charge in [-0.3, -0.25) is 9.80 Å². The molecule has 0 saturated carbocycles. The molecule has 0 spiro atoms. The highest BCUT2D eigenvalue weighted by molar-refractivity contribution is 5.66. The number of hydrogen-bond donors (Lipinski definition) is 2. The van der Waals surface area contributed by atoms with Crippen LogP contribution in [0.1, 0.15) is 0 Å². The molecule has 0 unspecified atom stereocenters. The molecular weight excluding hydrogens is 216 g/mol. The first-order chi connectivity index (χ1) is 7.52. The zero-order valence-corrected chi connectivity index (χ0v) is 8.33. The fraction of sp³-hybridized carbons (Fsp3) is 0.500. The topological polar surface area (TPSA) is 129 Å². The quantitative estimate of drug-likeness (QED) is 0.634. The third-order valence-electron chi connectivity index (χ3n) is 1.70. The summed E-state index contributed by atoms with van der Waals surface area (Å²) < 4.78 is 0. The third-order valence-corrected chi connectivity index (χ3v) is 1.70. The Bertz CT molecular complexity index is 309. The molecular formula is C8H10N4O4. The van der Waals surface area contributed by atoms with E-state index in [1.165, 1.54) is 0 Å². The Kier molecular flexibility index (Phi) is 5.83. The lowest BCUT2D eigenvalue weighted by Crippen LogP contribution is -2.40. The van der Waals surface area contributed by atoms with Crippen LogP contribution in [0.25, 0.3) is 0 Å². The van der Waals surface area contributed by atoms with Crippen LogP contribution < -0.4 is 0 Å². The number of carboxylic acid groups (broad SMARTS) is 2. The van der Waals surface area contributed by atoms with Crippen molar-refractivity contribution in [3.05, 3.63) is 0 Å². The van der Waals surface area contributed by atoms with E-state index in [1.54, 1.807) is 12.1 Å². The molecule has 0 radical (unpaired) electrons. The van der Waals surface area contributed by atoms with Gasteiger partial charge in [-0.15, -0.1) is 0 Å². The molecule has 0 aromatic heterocycles. The van der Waals surface area contributed by atoms with Gasteiger partial charge in [0.25, 0.3) is 0 Å². The van der Waals surface area contributed by atoms with Crippen molar-refractivity contribution in [3.63, 3.8) is 0 Å². The van der Waals surface area contributed by atoms with Crippen molar-refractivity contribution < 1.29 is 19.8 Å². The second-order valence-electron chi connectivity index (χ2n) is 2.72. The minimum atomic E-state index is -1.30. The molecule has 16 heavy (non-hydrogen) atoms. The summed E-state index contributed by atoms with van der Waals surface area (Å²) in [5.74, 6) is 0. The van der Waals surface area contributed by atoms with Gasteiger partial charge in [0.2, 0.25) is 0 Å². The number of amides is 2. The average Bonchev–Trinajstić information content (AvgIpc) is 2.21. The first kappa shape index (κ1) is 13.5. The largest absolute Gasteiger partial charge is 0.465 e. The van der Waals surface area contributed by atoms with Gasteiger partial charge in [0.15, 0.2) is 0 Å². The first-order valence-corrected chi connectivity index (χ1v) is 4.22. The van der Waals surface area contributed by atoms with Crippen LogP contribution in [0.5, 0.6) is 0 Å². The van der Waals surface area contributed by atoms with Gasteiger partial charge >= 0.3 is 12.2 Å². The summed E-state index contributed by atoms with van der Waals surface area (Å²) in [7, 11) is 0. The van der Waals surface area contributed by atoms with E-state index in [1.807, 2.05) is 0 Å². The summed E-state index contributed by atoms with van der Waals surface area (Å²) in [5, 5.41) is 33.9. The van der Waals surface area contributed by atoms with Crippen molar-refractivity contribution in [2.45, 2.75) is 0 Å². The Hall–Kier alpha value is -2.48. The lowest BCUT2D eigenvalue weighted by atomic mass is 10.4. The van der Waals surface area contributed by atoms with E-state index in [0.29, 0.717) is 0 Å². The molecule has 86 valence electrons. The van der Waals surface area contributed by atoms with Gasteiger partial charge in [-0.2, -0.15) is 10.5 Å². The molecule has 0 rings (SSSR count). The van der Waals surface area contributed by atoms with E-state index >= 15 is 0 Å². The molecule has 0 aromatic carbocycles. The molecule has 0 heterocycles. The molecule has 8 nitrogen and oxygen atoms in total. The van der Waals surface area contributed by atoms with Gasteiger partial charge in [-0.25, -0.2) is 9.59 Å². The second kappa shape index (κ2) is 6.90. The molecule has 0 aromatic rings. The molecule has 2 amide bonds. The molecule has 0 atom stereocenters. The first-order valence-electron chi connectivity index (χ1n) is 4.22.